The van der Waals surface area contributed by atoms with E-state index in [9.17, 15) is 0 Å². The summed E-state index contributed by atoms with van der Waals surface area (Å²) in [7, 11) is 0.774. The lowest BCUT2D eigenvalue weighted by atomic mass is 10.2. The van der Waals surface area contributed by atoms with Crippen molar-refractivity contribution in [2.24, 2.45) is 0 Å². The Bertz CT molecular complexity index is 428. The number of hydrogen-bond acceptors (Lipinski definition) is 1. The predicted octanol–water partition coefficient (Wildman–Crippen LogP) is 3.67. The lowest BCUT2D eigenvalue weighted by molar-refractivity contribution is 1.51. The molecule has 0 saturated carbocycles. The Morgan fingerprint density at radius 2 is 1.06 bits per heavy atom. The molecule has 0 saturated heterocycles. The molecule has 3 heteroatoms. The molecular weight excluding hydrogens is 293 g/mol. The molecule has 17 heavy (non-hydrogen) atoms. The molecule has 2 aromatic carbocycles. The Morgan fingerprint density at radius 1 is 0.706 bits per heavy atom. The molecule has 0 aliphatic carbocycles. The van der Waals surface area contributed by atoms with E-state index in [1.165, 1.54) is 21.7 Å². The third-order valence-electron chi connectivity index (χ3n) is 2.56. The number of benzene rings is 2. The van der Waals surface area contributed by atoms with Crippen LogP contribution in [0.15, 0.2) is 48.5 Å². The Labute approximate surface area is 116 Å². The zero-order chi connectivity index (χ0) is 10.7. The first kappa shape index (κ1) is 16.3. The summed E-state index contributed by atoms with van der Waals surface area (Å²) < 4.78 is 0. The van der Waals surface area contributed by atoms with Gasteiger partial charge in [-0.1, -0.05) is 57.1 Å². The van der Waals surface area contributed by atoms with Crippen molar-refractivity contribution in [2.45, 2.75) is 13.8 Å². The molecule has 2 aromatic rings. The van der Waals surface area contributed by atoms with Crippen LogP contribution in [0, 0.1) is 13.8 Å². The van der Waals surface area contributed by atoms with Crippen molar-refractivity contribution < 1.29 is 0 Å². The van der Waals surface area contributed by atoms with Gasteiger partial charge in [0.25, 0.3) is 0 Å². The second kappa shape index (κ2) is 7.60. The summed E-state index contributed by atoms with van der Waals surface area (Å²) in [5.41, 5.74) is 2.78. The highest BCUT2D eigenvalue weighted by molar-refractivity contribution is 8.93. The van der Waals surface area contributed by atoms with E-state index in [1.54, 1.807) is 0 Å². The van der Waals surface area contributed by atoms with Crippen molar-refractivity contribution in [1.29, 1.82) is 0 Å². The highest BCUT2D eigenvalue weighted by Gasteiger charge is 2.00. The number of halogens is 1. The molecule has 0 unspecified atom stereocenters. The first-order valence-electron chi connectivity index (χ1n) is 5.15. The van der Waals surface area contributed by atoms with Gasteiger partial charge < -0.3 is 6.15 Å². The van der Waals surface area contributed by atoms with Crippen LogP contribution < -0.4 is 16.8 Å². The summed E-state index contributed by atoms with van der Waals surface area (Å²) in [4.78, 5) is 0. The predicted molar refractivity (Wildman–Crippen MR) is 85.3 cm³/mol. The summed E-state index contributed by atoms with van der Waals surface area (Å²) in [5, 5.41) is 2.90. The SMILES string of the molecule is Br.Cc1ccccc1Pc1ccccc1C.N. The second-order valence-corrected chi connectivity index (χ2v) is 5.08. The van der Waals surface area contributed by atoms with Gasteiger partial charge in [0.2, 0.25) is 0 Å². The van der Waals surface area contributed by atoms with Gasteiger partial charge in [0.05, 0.1) is 0 Å². The van der Waals surface area contributed by atoms with Gasteiger partial charge in [0, 0.05) is 0 Å². The Morgan fingerprint density at radius 3 is 1.41 bits per heavy atom. The van der Waals surface area contributed by atoms with E-state index in [0.29, 0.717) is 0 Å². The molecule has 3 N–H and O–H groups in total. The average molecular weight is 312 g/mol. The molecular formula is C14H19BrNP. The fourth-order valence-electron chi connectivity index (χ4n) is 1.57. The van der Waals surface area contributed by atoms with Crippen LogP contribution in [0.1, 0.15) is 11.1 Å². The molecule has 0 fully saturated rings. The first-order chi connectivity index (χ1) is 7.27. The summed E-state index contributed by atoms with van der Waals surface area (Å²) in [6.45, 7) is 4.36. The van der Waals surface area contributed by atoms with Crippen LogP contribution in [0.5, 0.6) is 0 Å². The third-order valence-corrected chi connectivity index (χ3v) is 4.22. The Kier molecular flexibility index (Phi) is 7.29. The number of aryl methyl sites for hydroxylation is 2. The molecule has 2 rings (SSSR count). The summed E-state index contributed by atoms with van der Waals surface area (Å²) in [5.74, 6) is 0. The van der Waals surface area contributed by atoms with E-state index in [4.69, 9.17) is 0 Å². The molecule has 0 spiro atoms. The molecule has 0 amide bonds. The van der Waals surface area contributed by atoms with Crippen molar-refractivity contribution in [2.75, 3.05) is 0 Å². The minimum atomic E-state index is 0. The Hall–Kier alpha value is -0.690. The van der Waals surface area contributed by atoms with Crippen LogP contribution in [-0.2, 0) is 0 Å². The van der Waals surface area contributed by atoms with Gasteiger partial charge >= 0.3 is 0 Å². The van der Waals surface area contributed by atoms with Crippen LogP contribution in [-0.4, -0.2) is 0 Å². The normalized spacial score (nSPS) is 9.06. The third kappa shape index (κ3) is 4.23. The van der Waals surface area contributed by atoms with Crippen molar-refractivity contribution >= 4 is 36.2 Å². The van der Waals surface area contributed by atoms with E-state index in [2.05, 4.69) is 62.4 Å². The standard InChI is InChI=1S/C14H15P.BrH.H3N/c1-11-7-3-5-9-13(11)15-14-10-6-4-8-12(14)2;;/h3-10,15H,1-2H3;1H;1H3. The summed E-state index contributed by atoms with van der Waals surface area (Å²) in [6, 6.07) is 17.2. The number of rotatable bonds is 2. The fraction of sp³-hybridized carbons (Fsp3) is 0.143. The fourth-order valence-corrected chi connectivity index (χ4v) is 2.78. The summed E-state index contributed by atoms with van der Waals surface area (Å²) in [6.07, 6.45) is 0. The van der Waals surface area contributed by atoms with E-state index in [1.807, 2.05) is 0 Å². The number of hydrogen-bond donors (Lipinski definition) is 1. The molecule has 0 aromatic heterocycles. The largest absolute Gasteiger partial charge is 0.344 e. The monoisotopic (exact) mass is 311 g/mol. The molecule has 0 aliphatic rings. The van der Waals surface area contributed by atoms with Crippen LogP contribution >= 0.6 is 25.6 Å². The van der Waals surface area contributed by atoms with Crippen molar-refractivity contribution in [3.8, 4) is 0 Å². The highest BCUT2D eigenvalue weighted by atomic mass is 79.9. The maximum Gasteiger partial charge on any atom is -0.0197 e. The van der Waals surface area contributed by atoms with Crippen LogP contribution in [0.3, 0.4) is 0 Å². The van der Waals surface area contributed by atoms with Crippen molar-refractivity contribution in [3.63, 3.8) is 0 Å². The van der Waals surface area contributed by atoms with E-state index in [-0.39, 0.29) is 23.1 Å². The van der Waals surface area contributed by atoms with Crippen LogP contribution in [0.2, 0.25) is 0 Å². The van der Waals surface area contributed by atoms with Crippen molar-refractivity contribution in [3.05, 3.63) is 59.7 Å². The maximum atomic E-state index is 2.22. The maximum absolute atomic E-state index is 2.22. The molecule has 0 atom stereocenters. The molecule has 1 nitrogen and oxygen atoms in total. The second-order valence-electron chi connectivity index (χ2n) is 3.75. The zero-order valence-corrected chi connectivity index (χ0v) is 12.9. The first-order valence-corrected chi connectivity index (χ1v) is 6.15. The van der Waals surface area contributed by atoms with Crippen molar-refractivity contribution in [1.82, 2.24) is 6.15 Å². The van der Waals surface area contributed by atoms with Gasteiger partial charge in [0.15, 0.2) is 0 Å². The lowest BCUT2D eigenvalue weighted by Gasteiger charge is -2.08. The molecule has 92 valence electrons. The molecule has 0 aliphatic heterocycles. The molecule has 0 radical (unpaired) electrons. The zero-order valence-electron chi connectivity index (χ0n) is 10.2. The van der Waals surface area contributed by atoms with Crippen LogP contribution in [0.4, 0.5) is 0 Å². The topological polar surface area (TPSA) is 35.0 Å². The van der Waals surface area contributed by atoms with Gasteiger partial charge in [0.1, 0.15) is 0 Å². The summed E-state index contributed by atoms with van der Waals surface area (Å²) >= 11 is 0. The minimum absolute atomic E-state index is 0. The van der Waals surface area contributed by atoms with E-state index < -0.39 is 0 Å². The van der Waals surface area contributed by atoms with Gasteiger partial charge in [-0.05, 0) is 35.6 Å². The minimum Gasteiger partial charge on any atom is -0.344 e. The molecule has 0 bridgehead atoms. The van der Waals surface area contributed by atoms with Gasteiger partial charge in [-0.25, -0.2) is 0 Å². The van der Waals surface area contributed by atoms with Gasteiger partial charge in [-0.15, -0.1) is 17.0 Å². The van der Waals surface area contributed by atoms with Gasteiger partial charge in [-0.3, -0.25) is 0 Å². The lowest BCUT2D eigenvalue weighted by Crippen LogP contribution is -2.08. The average Bonchev–Trinajstić information content (AvgIpc) is 2.24. The Balaban J connectivity index is 0.00000128. The van der Waals surface area contributed by atoms with E-state index >= 15 is 0 Å². The van der Waals surface area contributed by atoms with E-state index in [0.717, 1.165) is 8.58 Å². The smallest absolute Gasteiger partial charge is 0.0197 e. The quantitative estimate of drug-likeness (QED) is 0.844. The highest BCUT2D eigenvalue weighted by Crippen LogP contribution is 2.15. The van der Waals surface area contributed by atoms with Gasteiger partial charge in [-0.2, -0.15) is 0 Å². The molecule has 0 heterocycles. The van der Waals surface area contributed by atoms with Crippen LogP contribution in [0.25, 0.3) is 0 Å².